The monoisotopic (exact) mass is 282 g/mol. The van der Waals surface area contributed by atoms with Gasteiger partial charge >= 0.3 is 0 Å². The van der Waals surface area contributed by atoms with Crippen molar-refractivity contribution in [2.75, 3.05) is 10.6 Å². The summed E-state index contributed by atoms with van der Waals surface area (Å²) in [7, 11) is 0. The van der Waals surface area contributed by atoms with Crippen LogP contribution < -0.4 is 10.6 Å². The second-order valence-corrected chi connectivity index (χ2v) is 5.09. The molecule has 4 heteroatoms. The number of benzene rings is 2. The predicted molar refractivity (Wildman–Crippen MR) is 84.6 cm³/mol. The molecule has 0 saturated carbocycles. The third-order valence-electron chi connectivity index (χ3n) is 2.92. The molecule has 0 aliphatic carbocycles. The highest BCUT2D eigenvalue weighted by atomic mass is 16.2. The molecule has 0 bridgehead atoms. The van der Waals surface area contributed by atoms with Gasteiger partial charge in [-0.15, -0.1) is 0 Å². The molecule has 2 amide bonds. The first-order valence-corrected chi connectivity index (χ1v) is 6.71. The number of carbonyl (C=O) groups excluding carboxylic acids is 2. The molecule has 0 radical (unpaired) electrons. The summed E-state index contributed by atoms with van der Waals surface area (Å²) in [5.41, 5.74) is 4.06. The number of amides is 2. The first kappa shape index (κ1) is 14.8. The van der Waals surface area contributed by atoms with E-state index in [4.69, 9.17) is 0 Å². The van der Waals surface area contributed by atoms with Gasteiger partial charge in [-0.25, -0.2) is 0 Å². The van der Waals surface area contributed by atoms with Crippen molar-refractivity contribution < 1.29 is 9.59 Å². The lowest BCUT2D eigenvalue weighted by atomic mass is 10.1. The quantitative estimate of drug-likeness (QED) is 0.905. The van der Waals surface area contributed by atoms with Crippen LogP contribution in [0.4, 0.5) is 11.4 Å². The zero-order chi connectivity index (χ0) is 15.4. The zero-order valence-electron chi connectivity index (χ0n) is 12.4. The Morgan fingerprint density at radius 3 is 2.14 bits per heavy atom. The Bertz CT molecular complexity index is 673. The fourth-order valence-corrected chi connectivity index (χ4v) is 2.19. The maximum absolute atomic E-state index is 12.3. The number of anilines is 2. The average molecular weight is 282 g/mol. The molecule has 0 heterocycles. The van der Waals surface area contributed by atoms with E-state index >= 15 is 0 Å². The van der Waals surface area contributed by atoms with E-state index in [1.54, 1.807) is 24.3 Å². The minimum absolute atomic E-state index is 0.165. The fourth-order valence-electron chi connectivity index (χ4n) is 2.19. The Labute approximate surface area is 124 Å². The summed E-state index contributed by atoms with van der Waals surface area (Å²) in [4.78, 5) is 23.3. The van der Waals surface area contributed by atoms with Crippen LogP contribution in [-0.2, 0) is 4.79 Å². The van der Waals surface area contributed by atoms with Gasteiger partial charge in [0.2, 0.25) is 5.91 Å². The summed E-state index contributed by atoms with van der Waals surface area (Å²) in [6.45, 7) is 5.41. The Morgan fingerprint density at radius 2 is 1.52 bits per heavy atom. The van der Waals surface area contributed by atoms with Crippen molar-refractivity contribution in [3.05, 3.63) is 59.2 Å². The first-order valence-electron chi connectivity index (χ1n) is 6.71. The second-order valence-electron chi connectivity index (χ2n) is 5.09. The topological polar surface area (TPSA) is 58.2 Å². The van der Waals surface area contributed by atoms with E-state index in [1.165, 1.54) is 6.92 Å². The lowest BCUT2D eigenvalue weighted by Crippen LogP contribution is -2.13. The summed E-state index contributed by atoms with van der Waals surface area (Å²) < 4.78 is 0. The van der Waals surface area contributed by atoms with E-state index in [1.807, 2.05) is 32.0 Å². The Morgan fingerprint density at radius 1 is 0.857 bits per heavy atom. The van der Waals surface area contributed by atoms with Gasteiger partial charge in [0.25, 0.3) is 5.91 Å². The highest BCUT2D eigenvalue weighted by Crippen LogP contribution is 2.16. The maximum Gasteiger partial charge on any atom is 0.255 e. The van der Waals surface area contributed by atoms with Crippen molar-refractivity contribution in [1.82, 2.24) is 0 Å². The molecule has 0 unspecified atom stereocenters. The molecule has 0 saturated heterocycles. The average Bonchev–Trinajstić information content (AvgIpc) is 2.36. The van der Waals surface area contributed by atoms with Crippen LogP contribution in [0.3, 0.4) is 0 Å². The number of hydrogen-bond acceptors (Lipinski definition) is 2. The fraction of sp³-hybridized carbons (Fsp3) is 0.176. The van der Waals surface area contributed by atoms with Crippen LogP contribution in [0, 0.1) is 13.8 Å². The van der Waals surface area contributed by atoms with Crippen LogP contribution in [-0.4, -0.2) is 11.8 Å². The first-order chi connectivity index (χ1) is 9.94. The number of carbonyl (C=O) groups is 2. The maximum atomic E-state index is 12.3. The van der Waals surface area contributed by atoms with E-state index in [0.29, 0.717) is 11.3 Å². The highest BCUT2D eigenvalue weighted by Gasteiger charge is 2.08. The Kier molecular flexibility index (Phi) is 4.38. The number of hydrogen-bond donors (Lipinski definition) is 2. The third-order valence-corrected chi connectivity index (χ3v) is 2.92. The summed E-state index contributed by atoms with van der Waals surface area (Å²) >= 11 is 0. The van der Waals surface area contributed by atoms with Crippen LogP contribution in [0.25, 0.3) is 0 Å². The van der Waals surface area contributed by atoms with Gasteiger partial charge in [0.15, 0.2) is 0 Å². The summed E-state index contributed by atoms with van der Waals surface area (Å²) in [5, 5.41) is 5.53. The van der Waals surface area contributed by atoms with Gasteiger partial charge in [0.05, 0.1) is 0 Å². The van der Waals surface area contributed by atoms with Crippen LogP contribution in [0.15, 0.2) is 42.5 Å². The second kappa shape index (κ2) is 6.22. The standard InChI is InChI=1S/C17H18N2O2/c1-11-7-12(2)9-16(8-11)19-17(21)14-5-4-6-15(10-14)18-13(3)20/h4-10H,1-3H3,(H,18,20)(H,19,21). The van der Waals surface area contributed by atoms with Gasteiger partial charge in [0, 0.05) is 23.9 Å². The lowest BCUT2D eigenvalue weighted by Gasteiger charge is -2.09. The van der Waals surface area contributed by atoms with Crippen molar-refractivity contribution in [3.63, 3.8) is 0 Å². The molecule has 0 fully saturated rings. The number of aryl methyl sites for hydroxylation is 2. The highest BCUT2D eigenvalue weighted by molar-refractivity contribution is 6.05. The van der Waals surface area contributed by atoms with Gasteiger partial charge in [-0.3, -0.25) is 9.59 Å². The molecule has 0 aliphatic rings. The molecule has 21 heavy (non-hydrogen) atoms. The SMILES string of the molecule is CC(=O)Nc1cccc(C(=O)Nc2cc(C)cc(C)c2)c1. The molecule has 0 spiro atoms. The molecule has 2 N–H and O–H groups in total. The molecular formula is C17H18N2O2. The van der Waals surface area contributed by atoms with Gasteiger partial charge in [0.1, 0.15) is 0 Å². The summed E-state index contributed by atoms with van der Waals surface area (Å²) in [5.74, 6) is -0.367. The zero-order valence-corrected chi connectivity index (χ0v) is 12.4. The van der Waals surface area contributed by atoms with Crippen LogP contribution in [0.5, 0.6) is 0 Å². The van der Waals surface area contributed by atoms with E-state index < -0.39 is 0 Å². The molecule has 2 aromatic rings. The lowest BCUT2D eigenvalue weighted by molar-refractivity contribution is -0.114. The molecule has 0 atom stereocenters. The van der Waals surface area contributed by atoms with Crippen LogP contribution in [0.1, 0.15) is 28.4 Å². The number of rotatable bonds is 3. The number of nitrogens with one attached hydrogen (secondary N) is 2. The molecule has 4 nitrogen and oxygen atoms in total. The summed E-state index contributed by atoms with van der Waals surface area (Å²) in [6, 6.07) is 12.7. The van der Waals surface area contributed by atoms with Crippen molar-refractivity contribution in [1.29, 1.82) is 0 Å². The molecule has 0 aromatic heterocycles. The summed E-state index contributed by atoms with van der Waals surface area (Å²) in [6.07, 6.45) is 0. The van der Waals surface area contributed by atoms with Crippen molar-refractivity contribution >= 4 is 23.2 Å². The minimum atomic E-state index is -0.202. The Hall–Kier alpha value is -2.62. The van der Waals surface area contributed by atoms with E-state index in [-0.39, 0.29) is 11.8 Å². The van der Waals surface area contributed by atoms with Crippen molar-refractivity contribution in [3.8, 4) is 0 Å². The van der Waals surface area contributed by atoms with Gasteiger partial charge in [-0.2, -0.15) is 0 Å². The van der Waals surface area contributed by atoms with Crippen LogP contribution in [0.2, 0.25) is 0 Å². The molecule has 0 aliphatic heterocycles. The van der Waals surface area contributed by atoms with E-state index in [9.17, 15) is 9.59 Å². The normalized spacial score (nSPS) is 10.0. The van der Waals surface area contributed by atoms with E-state index in [0.717, 1.165) is 16.8 Å². The van der Waals surface area contributed by atoms with Gasteiger partial charge in [-0.05, 0) is 55.3 Å². The van der Waals surface area contributed by atoms with Crippen molar-refractivity contribution in [2.24, 2.45) is 0 Å². The largest absolute Gasteiger partial charge is 0.326 e. The van der Waals surface area contributed by atoms with Crippen molar-refractivity contribution in [2.45, 2.75) is 20.8 Å². The predicted octanol–water partition coefficient (Wildman–Crippen LogP) is 3.51. The van der Waals surface area contributed by atoms with E-state index in [2.05, 4.69) is 10.6 Å². The molecular weight excluding hydrogens is 264 g/mol. The third kappa shape index (κ3) is 4.18. The molecule has 2 rings (SSSR count). The smallest absolute Gasteiger partial charge is 0.255 e. The molecule has 2 aromatic carbocycles. The Balaban J connectivity index is 2.18. The van der Waals surface area contributed by atoms with Crippen LogP contribution >= 0.6 is 0 Å². The van der Waals surface area contributed by atoms with Gasteiger partial charge < -0.3 is 10.6 Å². The minimum Gasteiger partial charge on any atom is -0.326 e. The van der Waals surface area contributed by atoms with Gasteiger partial charge in [-0.1, -0.05) is 12.1 Å². The molecule has 108 valence electrons.